The molecule has 0 nitrogen and oxygen atoms in total. The van der Waals surface area contributed by atoms with Gasteiger partial charge in [-0.1, -0.05) is 6.55 Å². The Balaban J connectivity index is -0.00000000500. The van der Waals surface area contributed by atoms with Crippen molar-refractivity contribution in [3.63, 3.8) is 0 Å². The largest absolute Gasteiger partial charge is 0.0777 e. The van der Waals surface area contributed by atoms with Gasteiger partial charge in [-0.05, 0) is 10.2 Å². The van der Waals surface area contributed by atoms with Crippen molar-refractivity contribution in [2.24, 2.45) is 0 Å². The predicted octanol–water partition coefficient (Wildman–Crippen LogP) is -0.605. The molecule has 0 aliphatic heterocycles. The summed E-state index contributed by atoms with van der Waals surface area (Å²) >= 11 is 0. The molecule has 0 aromatic heterocycles. The molecule has 0 saturated heterocycles. The zero-order valence-corrected chi connectivity index (χ0v) is 8.12. The van der Waals surface area contributed by atoms with Crippen molar-refractivity contribution in [2.45, 2.75) is 6.55 Å². The number of rotatable bonds is 0. The van der Waals surface area contributed by atoms with Gasteiger partial charge < -0.3 is 0 Å². The van der Waals surface area contributed by atoms with Gasteiger partial charge in [-0.15, -0.1) is 0 Å². The minimum Gasteiger partial charge on any atom is -0.0777 e. The summed E-state index contributed by atoms with van der Waals surface area (Å²) in [5, 5.41) is 0. The molecular weight excluding hydrogens is 136 g/mol. The Hall–Kier alpha value is 1.65. The molecule has 0 rings (SSSR count). The molecule has 0 heterocycles. The molecule has 0 aliphatic rings. The first-order chi connectivity index (χ1) is 1.00. The second-order valence-corrected chi connectivity index (χ2v) is 0. The standard InChI is InChI=1S/CH6Si.2Ti/c1-2;;/h1-2H3;;. The normalized spacial score (nSPS) is 2.25. The maximum absolute atomic E-state index is 2.14. The van der Waals surface area contributed by atoms with E-state index in [1.807, 2.05) is 0 Å². The molecule has 0 saturated carbocycles. The van der Waals surface area contributed by atoms with Gasteiger partial charge in [0.05, 0.1) is 0 Å². The van der Waals surface area contributed by atoms with Crippen molar-refractivity contribution in [1.82, 2.24) is 0 Å². The summed E-state index contributed by atoms with van der Waals surface area (Å²) in [6.07, 6.45) is 0. The summed E-state index contributed by atoms with van der Waals surface area (Å²) in [5.74, 6) is 0. The van der Waals surface area contributed by atoms with E-state index in [0.29, 0.717) is 0 Å². The fraction of sp³-hybridized carbons (Fsp3) is 1.00. The minimum absolute atomic E-state index is 0. The quantitative estimate of drug-likeness (QED) is 0.396. The molecule has 22 valence electrons. The molecule has 4 heavy (non-hydrogen) atoms. The Labute approximate surface area is 59.9 Å². The summed E-state index contributed by atoms with van der Waals surface area (Å²) in [4.78, 5) is 0. The van der Waals surface area contributed by atoms with Gasteiger partial charge in [0.1, 0.15) is 0 Å². The first-order valence-electron chi connectivity index (χ1n) is 1.00. The maximum atomic E-state index is 2.14. The van der Waals surface area contributed by atoms with Gasteiger partial charge in [-0.25, -0.2) is 0 Å². The van der Waals surface area contributed by atoms with E-state index in [1.165, 1.54) is 10.2 Å². The van der Waals surface area contributed by atoms with Crippen LogP contribution in [0.3, 0.4) is 0 Å². The third-order valence-corrected chi connectivity index (χ3v) is 0. The van der Waals surface area contributed by atoms with Crippen molar-refractivity contribution in [1.29, 1.82) is 0 Å². The van der Waals surface area contributed by atoms with Crippen molar-refractivity contribution in [2.75, 3.05) is 0 Å². The predicted molar refractivity (Wildman–Crippen MR) is 15.8 cm³/mol. The van der Waals surface area contributed by atoms with Crippen molar-refractivity contribution in [3.05, 3.63) is 0 Å². The fourth-order valence-corrected chi connectivity index (χ4v) is 0. The molecule has 0 amide bonds. The van der Waals surface area contributed by atoms with E-state index in [4.69, 9.17) is 0 Å². The van der Waals surface area contributed by atoms with Gasteiger partial charge in [-0.2, -0.15) is 0 Å². The summed E-state index contributed by atoms with van der Waals surface area (Å²) < 4.78 is 0. The van der Waals surface area contributed by atoms with Crippen molar-refractivity contribution < 1.29 is 43.4 Å². The van der Waals surface area contributed by atoms with Crippen LogP contribution in [0.2, 0.25) is 6.55 Å². The van der Waals surface area contributed by atoms with E-state index in [2.05, 4.69) is 6.55 Å². The van der Waals surface area contributed by atoms with Crippen LogP contribution >= 0.6 is 0 Å². The van der Waals surface area contributed by atoms with Gasteiger partial charge in [-0.3, -0.25) is 0 Å². The van der Waals surface area contributed by atoms with Crippen LogP contribution in [-0.4, -0.2) is 10.2 Å². The fourth-order valence-electron chi connectivity index (χ4n) is 0. The van der Waals surface area contributed by atoms with Gasteiger partial charge in [0.15, 0.2) is 0 Å². The van der Waals surface area contributed by atoms with Crippen LogP contribution in [0.25, 0.3) is 0 Å². The van der Waals surface area contributed by atoms with Crippen LogP contribution in [0.15, 0.2) is 0 Å². The Morgan fingerprint density at radius 1 is 1.00 bits per heavy atom. The van der Waals surface area contributed by atoms with Crippen LogP contribution < -0.4 is 0 Å². The van der Waals surface area contributed by atoms with Gasteiger partial charge in [0.2, 0.25) is 0 Å². The van der Waals surface area contributed by atoms with Crippen LogP contribution in [0, 0.1) is 0 Å². The monoisotopic (exact) mass is 142 g/mol. The molecule has 3 heteroatoms. The molecule has 0 aliphatic carbocycles. The average Bonchev–Trinajstić information content (AvgIpc) is 1.00. The zero-order chi connectivity index (χ0) is 2.00. The van der Waals surface area contributed by atoms with Crippen molar-refractivity contribution in [3.8, 4) is 0 Å². The Morgan fingerprint density at radius 3 is 1.00 bits per heavy atom. The molecule has 0 bridgehead atoms. The molecule has 0 unspecified atom stereocenters. The maximum Gasteiger partial charge on any atom is 0 e. The molecule has 0 spiro atoms. The van der Waals surface area contributed by atoms with Crippen LogP contribution in [-0.2, 0) is 43.4 Å². The Morgan fingerprint density at radius 2 is 1.00 bits per heavy atom. The van der Waals surface area contributed by atoms with Crippen LogP contribution in [0.5, 0.6) is 0 Å². The Kier molecular flexibility index (Phi) is 99.2. The average molecular weight is 142 g/mol. The zero-order valence-electron chi connectivity index (χ0n) is 3.00. The third kappa shape index (κ3) is 9.42. The number of hydrogen-bond donors (Lipinski definition) is 0. The van der Waals surface area contributed by atoms with Crippen molar-refractivity contribution >= 4 is 10.2 Å². The Bertz CT molecular complexity index is 6.00. The van der Waals surface area contributed by atoms with Crippen LogP contribution in [0.4, 0.5) is 0 Å². The van der Waals surface area contributed by atoms with E-state index in [-0.39, 0.29) is 43.4 Å². The molecule has 0 fully saturated rings. The summed E-state index contributed by atoms with van der Waals surface area (Å²) in [7, 11) is 1.31. The number of hydrogen-bond acceptors (Lipinski definition) is 0. The second kappa shape index (κ2) is 22.8. The first kappa shape index (κ1) is 17.4. The van der Waals surface area contributed by atoms with Gasteiger partial charge in [0.25, 0.3) is 0 Å². The smallest absolute Gasteiger partial charge is 0 e. The molecule has 0 N–H and O–H groups in total. The first-order valence-corrected chi connectivity index (χ1v) is 3.00. The van der Waals surface area contributed by atoms with E-state index in [0.717, 1.165) is 0 Å². The molecular formula is CH6SiTi2. The molecule has 0 aromatic rings. The minimum atomic E-state index is 0. The van der Waals surface area contributed by atoms with Gasteiger partial charge in [0, 0.05) is 43.4 Å². The van der Waals surface area contributed by atoms with E-state index >= 15 is 0 Å². The summed E-state index contributed by atoms with van der Waals surface area (Å²) in [6.45, 7) is 2.14. The summed E-state index contributed by atoms with van der Waals surface area (Å²) in [6, 6.07) is 0. The van der Waals surface area contributed by atoms with E-state index in [9.17, 15) is 0 Å². The second-order valence-electron chi connectivity index (χ2n) is 0. The molecule has 0 radical (unpaired) electrons. The molecule has 0 aromatic carbocycles. The van der Waals surface area contributed by atoms with E-state index < -0.39 is 0 Å². The van der Waals surface area contributed by atoms with Crippen LogP contribution in [0.1, 0.15) is 0 Å². The van der Waals surface area contributed by atoms with E-state index in [1.54, 1.807) is 0 Å². The third-order valence-electron chi connectivity index (χ3n) is 0. The van der Waals surface area contributed by atoms with Gasteiger partial charge >= 0.3 is 0 Å². The topological polar surface area (TPSA) is 0 Å². The molecule has 0 atom stereocenters. The SMILES string of the molecule is C[SiH3].[Ti].[Ti]. The summed E-state index contributed by atoms with van der Waals surface area (Å²) in [5.41, 5.74) is 0.